The van der Waals surface area contributed by atoms with Gasteiger partial charge in [-0.3, -0.25) is 0 Å². The van der Waals surface area contributed by atoms with E-state index in [1.165, 1.54) is 10.9 Å². The van der Waals surface area contributed by atoms with Gasteiger partial charge in [-0.25, -0.2) is 0 Å². The summed E-state index contributed by atoms with van der Waals surface area (Å²) in [7, 11) is 1.72. The van der Waals surface area contributed by atoms with Crippen molar-refractivity contribution in [2.75, 3.05) is 7.11 Å². The molecule has 1 aromatic carbocycles. The second-order valence-corrected chi connectivity index (χ2v) is 5.83. The number of pyridine rings is 1. The SMILES string of the molecule is COc1cccc2[nH]c3c(c12)CC[n+]1cc([C@@H](C)O)ccc1-3.[Br-]. The fraction of sp³-hybridized carbons (Fsp3) is 0.278. The summed E-state index contributed by atoms with van der Waals surface area (Å²) in [6.45, 7) is 2.71. The molecule has 2 N–H and O–H groups in total. The molecular weight excluding hydrogens is 356 g/mol. The zero-order valence-corrected chi connectivity index (χ0v) is 14.7. The first-order valence-corrected chi connectivity index (χ1v) is 7.58. The van der Waals surface area contributed by atoms with E-state index in [0.717, 1.165) is 41.2 Å². The molecule has 3 aromatic rings. The number of methoxy groups -OCH3 is 1. The molecule has 1 atom stereocenters. The summed E-state index contributed by atoms with van der Waals surface area (Å²) < 4.78 is 7.75. The molecule has 3 heterocycles. The number of H-pyrrole nitrogens is 1. The number of benzene rings is 1. The molecule has 1 aliphatic rings. The van der Waals surface area contributed by atoms with Crippen LogP contribution in [0.2, 0.25) is 0 Å². The van der Waals surface area contributed by atoms with Crippen LogP contribution in [-0.2, 0) is 13.0 Å². The van der Waals surface area contributed by atoms with Gasteiger partial charge in [-0.1, -0.05) is 6.07 Å². The van der Waals surface area contributed by atoms with Crippen molar-refractivity contribution in [3.8, 4) is 17.1 Å². The van der Waals surface area contributed by atoms with E-state index in [2.05, 4.69) is 21.7 Å². The van der Waals surface area contributed by atoms with Gasteiger partial charge in [-0.2, -0.15) is 4.57 Å². The lowest BCUT2D eigenvalue weighted by atomic mass is 10.00. The van der Waals surface area contributed by atoms with Gasteiger partial charge in [0.25, 0.3) is 0 Å². The Morgan fingerprint density at radius 3 is 2.83 bits per heavy atom. The van der Waals surface area contributed by atoms with E-state index in [0.29, 0.717) is 0 Å². The van der Waals surface area contributed by atoms with E-state index in [1.54, 1.807) is 14.0 Å². The lowest BCUT2D eigenvalue weighted by molar-refractivity contribution is -0.688. The fourth-order valence-electron chi connectivity index (χ4n) is 3.38. The summed E-state index contributed by atoms with van der Waals surface area (Å²) in [6, 6.07) is 10.2. The number of ether oxygens (including phenoxy) is 1. The third-order valence-corrected chi connectivity index (χ3v) is 4.50. The van der Waals surface area contributed by atoms with Gasteiger partial charge >= 0.3 is 0 Å². The van der Waals surface area contributed by atoms with Crippen LogP contribution in [0.3, 0.4) is 0 Å². The molecule has 23 heavy (non-hydrogen) atoms. The van der Waals surface area contributed by atoms with Crippen LogP contribution in [0.15, 0.2) is 36.5 Å². The highest BCUT2D eigenvalue weighted by molar-refractivity contribution is 5.94. The van der Waals surface area contributed by atoms with Crippen LogP contribution < -0.4 is 26.3 Å². The van der Waals surface area contributed by atoms with Gasteiger partial charge in [0.05, 0.1) is 18.7 Å². The summed E-state index contributed by atoms with van der Waals surface area (Å²) in [6.07, 6.45) is 2.56. The number of aliphatic hydroxyl groups excluding tert-OH is 1. The molecule has 0 saturated heterocycles. The Hall–Kier alpha value is -1.85. The van der Waals surface area contributed by atoms with Crippen molar-refractivity contribution >= 4 is 10.9 Å². The van der Waals surface area contributed by atoms with Gasteiger partial charge in [0.15, 0.2) is 12.7 Å². The van der Waals surface area contributed by atoms with E-state index < -0.39 is 6.10 Å². The average Bonchev–Trinajstić information content (AvgIpc) is 2.93. The van der Waals surface area contributed by atoms with Crippen molar-refractivity contribution in [3.05, 3.63) is 47.7 Å². The van der Waals surface area contributed by atoms with Gasteiger partial charge in [0.2, 0.25) is 5.69 Å². The van der Waals surface area contributed by atoms with E-state index >= 15 is 0 Å². The highest BCUT2D eigenvalue weighted by atomic mass is 79.9. The highest BCUT2D eigenvalue weighted by Crippen LogP contribution is 2.37. The zero-order valence-electron chi connectivity index (χ0n) is 13.1. The maximum Gasteiger partial charge on any atom is 0.229 e. The van der Waals surface area contributed by atoms with Crippen LogP contribution in [0.5, 0.6) is 5.75 Å². The van der Waals surface area contributed by atoms with Crippen molar-refractivity contribution in [1.29, 1.82) is 0 Å². The second-order valence-electron chi connectivity index (χ2n) is 5.83. The van der Waals surface area contributed by atoms with Crippen molar-refractivity contribution in [3.63, 3.8) is 0 Å². The first kappa shape index (κ1) is 16.0. The Morgan fingerprint density at radius 2 is 2.09 bits per heavy atom. The summed E-state index contributed by atoms with van der Waals surface area (Å²) in [5, 5.41) is 11.0. The minimum Gasteiger partial charge on any atom is -1.00 e. The lowest BCUT2D eigenvalue weighted by Crippen LogP contribution is -3.00. The summed E-state index contributed by atoms with van der Waals surface area (Å²) in [5.41, 5.74) is 5.68. The number of aromatic nitrogens is 2. The molecule has 0 spiro atoms. The molecule has 0 saturated carbocycles. The van der Waals surface area contributed by atoms with E-state index in [1.807, 2.05) is 24.4 Å². The quantitative estimate of drug-likeness (QED) is 0.607. The molecule has 0 radical (unpaired) electrons. The van der Waals surface area contributed by atoms with Gasteiger partial charge < -0.3 is 31.8 Å². The Morgan fingerprint density at radius 1 is 1.26 bits per heavy atom. The van der Waals surface area contributed by atoms with Crippen LogP contribution in [0, 0.1) is 0 Å². The van der Waals surface area contributed by atoms with Crippen molar-refractivity contribution in [2.45, 2.75) is 26.0 Å². The number of aryl methyl sites for hydroxylation is 2. The molecule has 2 aromatic heterocycles. The fourth-order valence-corrected chi connectivity index (χ4v) is 3.38. The van der Waals surface area contributed by atoms with Crippen LogP contribution in [0.4, 0.5) is 0 Å². The summed E-state index contributed by atoms with van der Waals surface area (Å²) in [5.74, 6) is 0.920. The Balaban J connectivity index is 0.00000156. The van der Waals surface area contributed by atoms with E-state index in [-0.39, 0.29) is 17.0 Å². The van der Waals surface area contributed by atoms with Gasteiger partial charge in [0, 0.05) is 29.0 Å². The van der Waals surface area contributed by atoms with Gasteiger partial charge in [-0.15, -0.1) is 0 Å². The molecular formula is C18H19BrN2O2. The first-order valence-electron chi connectivity index (χ1n) is 7.58. The normalized spacial score (nSPS) is 13.9. The van der Waals surface area contributed by atoms with Crippen LogP contribution in [0.25, 0.3) is 22.3 Å². The Bertz CT molecular complexity index is 871. The maximum absolute atomic E-state index is 9.77. The number of nitrogens with zero attached hydrogens (tertiary/aromatic N) is 1. The Kier molecular flexibility index (Phi) is 4.17. The minimum absolute atomic E-state index is 0. The average molecular weight is 375 g/mol. The number of fused-ring (bicyclic) bond motifs is 5. The van der Waals surface area contributed by atoms with Crippen LogP contribution >= 0.6 is 0 Å². The number of hydrogen-bond donors (Lipinski definition) is 2. The Labute approximate surface area is 145 Å². The number of hydrogen-bond acceptors (Lipinski definition) is 2. The monoisotopic (exact) mass is 374 g/mol. The predicted octanol–water partition coefficient (Wildman–Crippen LogP) is -0.256. The molecule has 0 amide bonds. The van der Waals surface area contributed by atoms with Crippen molar-refractivity contribution in [1.82, 2.24) is 4.98 Å². The molecule has 0 aliphatic carbocycles. The molecule has 5 heteroatoms. The number of nitrogens with one attached hydrogen (secondary N) is 1. The van der Waals surface area contributed by atoms with E-state index in [9.17, 15) is 5.11 Å². The minimum atomic E-state index is -0.443. The third-order valence-electron chi connectivity index (χ3n) is 4.50. The van der Waals surface area contributed by atoms with E-state index in [4.69, 9.17) is 4.74 Å². The molecule has 0 unspecified atom stereocenters. The van der Waals surface area contributed by atoms with Crippen molar-refractivity contribution < 1.29 is 31.4 Å². The third kappa shape index (κ3) is 2.44. The largest absolute Gasteiger partial charge is 1.00 e. The standard InChI is InChI=1S/C18H18N2O2.BrH/c1-11(21)12-6-7-15-18-13(8-9-20(15)10-12)17-14(19-18)4-3-5-16(17)22-2;/h3-7,10-11,21H,8-9H2,1-2H3;1H/t11-;/m1./s1. The predicted molar refractivity (Wildman–Crippen MR) is 84.8 cm³/mol. The molecule has 0 fully saturated rings. The molecule has 120 valence electrons. The number of rotatable bonds is 2. The molecule has 0 bridgehead atoms. The second kappa shape index (κ2) is 5.98. The number of aromatic amines is 1. The smallest absolute Gasteiger partial charge is 0.229 e. The van der Waals surface area contributed by atoms with Gasteiger partial charge in [-0.05, 0) is 25.1 Å². The molecule has 1 aliphatic heterocycles. The zero-order chi connectivity index (χ0) is 15.3. The van der Waals surface area contributed by atoms with Crippen LogP contribution in [0.1, 0.15) is 24.2 Å². The topological polar surface area (TPSA) is 49.1 Å². The summed E-state index contributed by atoms with van der Waals surface area (Å²) in [4.78, 5) is 3.53. The number of halogens is 1. The molecule has 4 nitrogen and oxygen atoms in total. The maximum atomic E-state index is 9.77. The first-order chi connectivity index (χ1) is 10.7. The number of aliphatic hydroxyl groups is 1. The van der Waals surface area contributed by atoms with Gasteiger partial charge in [0.1, 0.15) is 11.4 Å². The molecule has 4 rings (SSSR count). The van der Waals surface area contributed by atoms with Crippen molar-refractivity contribution in [2.24, 2.45) is 0 Å². The highest BCUT2D eigenvalue weighted by Gasteiger charge is 2.28. The van der Waals surface area contributed by atoms with Crippen LogP contribution in [-0.4, -0.2) is 17.2 Å². The summed E-state index contributed by atoms with van der Waals surface area (Å²) >= 11 is 0. The lowest BCUT2D eigenvalue weighted by Gasteiger charge is -2.13.